The van der Waals surface area contributed by atoms with Gasteiger partial charge in [0.25, 0.3) is 5.91 Å². The number of nitrogens with one attached hydrogen (secondary N) is 1. The van der Waals surface area contributed by atoms with Crippen LogP contribution >= 0.6 is 11.6 Å². The molecule has 0 bridgehead atoms. The lowest BCUT2D eigenvalue weighted by Gasteiger charge is -2.18. The van der Waals surface area contributed by atoms with Crippen molar-refractivity contribution in [2.24, 2.45) is 0 Å². The lowest BCUT2D eigenvalue weighted by atomic mass is 10.0. The molecule has 2 aromatic carbocycles. The highest BCUT2D eigenvalue weighted by molar-refractivity contribution is 6.33. The zero-order valence-corrected chi connectivity index (χ0v) is 13.5. The van der Waals surface area contributed by atoms with E-state index in [-0.39, 0.29) is 17.0 Å². The van der Waals surface area contributed by atoms with Gasteiger partial charge in [-0.2, -0.15) is 0 Å². The number of halogens is 2. The molecule has 0 aliphatic carbocycles. The average Bonchev–Trinajstić information content (AvgIpc) is 2.53. The Hall–Kier alpha value is -2.60. The molecule has 0 radical (unpaired) electrons. The Labute approximate surface area is 143 Å². The fourth-order valence-corrected chi connectivity index (χ4v) is 2.43. The predicted octanol–water partition coefficient (Wildman–Crippen LogP) is 3.43. The molecule has 5 nitrogen and oxygen atoms in total. The summed E-state index contributed by atoms with van der Waals surface area (Å²) < 4.78 is 18.1. The van der Waals surface area contributed by atoms with Gasteiger partial charge >= 0.3 is 5.97 Å². The molecule has 0 spiro atoms. The van der Waals surface area contributed by atoms with Gasteiger partial charge in [0, 0.05) is 0 Å². The van der Waals surface area contributed by atoms with Gasteiger partial charge in [0.15, 0.2) is 0 Å². The first kappa shape index (κ1) is 17.7. The number of benzene rings is 2. The second-order valence-electron chi connectivity index (χ2n) is 5.02. The van der Waals surface area contributed by atoms with E-state index in [0.717, 1.165) is 12.1 Å². The highest BCUT2D eigenvalue weighted by atomic mass is 35.5. The lowest BCUT2D eigenvalue weighted by Crippen LogP contribution is -2.30. The summed E-state index contributed by atoms with van der Waals surface area (Å²) in [6, 6.07) is 9.29. The monoisotopic (exact) mass is 351 g/mol. The second kappa shape index (κ2) is 7.79. The molecule has 1 amide bonds. The lowest BCUT2D eigenvalue weighted by molar-refractivity contribution is -0.137. The Morgan fingerprint density at radius 2 is 1.92 bits per heavy atom. The van der Waals surface area contributed by atoms with Crippen LogP contribution in [-0.2, 0) is 4.79 Å². The molecule has 1 atom stereocenters. The van der Waals surface area contributed by atoms with E-state index in [2.05, 4.69) is 5.32 Å². The van der Waals surface area contributed by atoms with Crippen LogP contribution in [0.15, 0.2) is 42.5 Å². The van der Waals surface area contributed by atoms with Crippen molar-refractivity contribution in [3.05, 3.63) is 64.4 Å². The smallest absolute Gasteiger partial charge is 0.305 e. The molecule has 2 rings (SSSR count). The van der Waals surface area contributed by atoms with Gasteiger partial charge in [-0.25, -0.2) is 4.39 Å². The van der Waals surface area contributed by atoms with Crippen molar-refractivity contribution in [1.29, 1.82) is 0 Å². The van der Waals surface area contributed by atoms with Crippen molar-refractivity contribution < 1.29 is 23.8 Å². The number of ether oxygens (including phenoxy) is 1. The van der Waals surface area contributed by atoms with Crippen molar-refractivity contribution in [2.75, 3.05) is 7.11 Å². The van der Waals surface area contributed by atoms with Crippen molar-refractivity contribution in [3.8, 4) is 5.75 Å². The minimum atomic E-state index is -1.07. The molecule has 0 unspecified atom stereocenters. The normalized spacial score (nSPS) is 11.6. The molecule has 0 saturated carbocycles. The van der Waals surface area contributed by atoms with Gasteiger partial charge in [-0.05, 0) is 35.9 Å². The van der Waals surface area contributed by atoms with E-state index in [1.807, 2.05) is 0 Å². The molecule has 2 N–H and O–H groups in total. The number of carboxylic acids is 1. The van der Waals surface area contributed by atoms with Crippen molar-refractivity contribution in [1.82, 2.24) is 5.32 Å². The third-order valence-electron chi connectivity index (χ3n) is 3.38. The number of amides is 1. The minimum absolute atomic E-state index is 0.0451. The first-order valence-electron chi connectivity index (χ1n) is 7.02. The third-order valence-corrected chi connectivity index (χ3v) is 3.69. The maximum atomic E-state index is 13.1. The van der Waals surface area contributed by atoms with Crippen LogP contribution in [0.1, 0.15) is 28.4 Å². The van der Waals surface area contributed by atoms with Crippen LogP contribution in [0.3, 0.4) is 0 Å². The summed E-state index contributed by atoms with van der Waals surface area (Å²) in [5, 5.41) is 11.6. The highest BCUT2D eigenvalue weighted by Crippen LogP contribution is 2.23. The van der Waals surface area contributed by atoms with E-state index in [4.69, 9.17) is 21.4 Å². The zero-order chi connectivity index (χ0) is 17.7. The number of carbonyl (C=O) groups excluding carboxylic acids is 1. The van der Waals surface area contributed by atoms with Crippen molar-refractivity contribution in [2.45, 2.75) is 12.5 Å². The maximum Gasteiger partial charge on any atom is 0.305 e. The fourth-order valence-electron chi connectivity index (χ4n) is 2.17. The van der Waals surface area contributed by atoms with E-state index in [1.54, 1.807) is 24.3 Å². The van der Waals surface area contributed by atoms with Gasteiger partial charge in [-0.3, -0.25) is 9.59 Å². The molecule has 0 saturated heterocycles. The Balaban J connectivity index is 2.24. The standard InChI is InChI=1S/C17H15ClFNO4/c1-24-12-5-2-10(3-6-12)15(9-16(21)22)20-17(23)13-7-4-11(19)8-14(13)18/h2-8,15H,9H2,1H3,(H,20,23)(H,21,22)/t15-/m0/s1. The van der Waals surface area contributed by atoms with Gasteiger partial charge in [-0.15, -0.1) is 0 Å². The van der Waals surface area contributed by atoms with Gasteiger partial charge < -0.3 is 15.2 Å². The van der Waals surface area contributed by atoms with Crippen LogP contribution in [0.2, 0.25) is 5.02 Å². The van der Waals surface area contributed by atoms with Crippen LogP contribution in [-0.4, -0.2) is 24.1 Å². The van der Waals surface area contributed by atoms with E-state index in [0.29, 0.717) is 11.3 Å². The number of carboxylic acid groups (broad SMARTS) is 1. The molecule has 0 heterocycles. The van der Waals surface area contributed by atoms with E-state index in [1.165, 1.54) is 13.2 Å². The van der Waals surface area contributed by atoms with Crippen molar-refractivity contribution in [3.63, 3.8) is 0 Å². The number of hydrogen-bond acceptors (Lipinski definition) is 3. The topological polar surface area (TPSA) is 75.6 Å². The first-order chi connectivity index (χ1) is 11.4. The third kappa shape index (κ3) is 4.45. The number of hydrogen-bond donors (Lipinski definition) is 2. The summed E-state index contributed by atoms with van der Waals surface area (Å²) in [5.41, 5.74) is 0.673. The van der Waals surface area contributed by atoms with Gasteiger partial charge in [0.2, 0.25) is 0 Å². The maximum absolute atomic E-state index is 13.1. The molecular weight excluding hydrogens is 337 g/mol. The molecule has 24 heavy (non-hydrogen) atoms. The summed E-state index contributed by atoms with van der Waals surface area (Å²) in [5.74, 6) is -1.60. The molecule has 126 valence electrons. The quantitative estimate of drug-likeness (QED) is 0.836. The summed E-state index contributed by atoms with van der Waals surface area (Å²) in [6.07, 6.45) is -0.309. The summed E-state index contributed by atoms with van der Waals surface area (Å²) in [7, 11) is 1.52. The number of methoxy groups -OCH3 is 1. The number of carbonyl (C=O) groups is 2. The Morgan fingerprint density at radius 3 is 2.46 bits per heavy atom. The largest absolute Gasteiger partial charge is 0.497 e. The SMILES string of the molecule is COc1ccc([C@H](CC(=O)O)NC(=O)c2ccc(F)cc2Cl)cc1. The molecule has 7 heteroatoms. The molecule has 0 aliphatic heterocycles. The highest BCUT2D eigenvalue weighted by Gasteiger charge is 2.20. The average molecular weight is 352 g/mol. The van der Waals surface area contributed by atoms with E-state index >= 15 is 0 Å². The Morgan fingerprint density at radius 1 is 1.25 bits per heavy atom. The first-order valence-corrected chi connectivity index (χ1v) is 7.40. The second-order valence-corrected chi connectivity index (χ2v) is 5.43. The van der Waals surface area contributed by atoms with Crippen LogP contribution in [0, 0.1) is 5.82 Å². The zero-order valence-electron chi connectivity index (χ0n) is 12.8. The molecule has 0 aliphatic rings. The summed E-state index contributed by atoms with van der Waals surface area (Å²) >= 11 is 5.87. The van der Waals surface area contributed by atoms with Gasteiger partial charge in [0.1, 0.15) is 11.6 Å². The molecular formula is C17H15ClFNO4. The predicted molar refractivity (Wildman–Crippen MR) is 86.9 cm³/mol. The summed E-state index contributed by atoms with van der Waals surface area (Å²) in [4.78, 5) is 23.4. The summed E-state index contributed by atoms with van der Waals surface area (Å²) in [6.45, 7) is 0. The molecule has 0 fully saturated rings. The van der Waals surface area contributed by atoms with Crippen LogP contribution in [0.4, 0.5) is 4.39 Å². The minimum Gasteiger partial charge on any atom is -0.497 e. The van der Waals surface area contributed by atoms with Crippen LogP contribution in [0.25, 0.3) is 0 Å². The molecule has 2 aromatic rings. The Bertz CT molecular complexity index is 749. The van der Waals surface area contributed by atoms with Gasteiger partial charge in [-0.1, -0.05) is 23.7 Å². The van der Waals surface area contributed by atoms with Gasteiger partial charge in [0.05, 0.1) is 30.2 Å². The number of aliphatic carboxylic acids is 1. The Kier molecular flexibility index (Phi) is 5.76. The van der Waals surface area contributed by atoms with E-state index in [9.17, 15) is 14.0 Å². The van der Waals surface area contributed by atoms with E-state index < -0.39 is 23.7 Å². The number of rotatable bonds is 6. The van der Waals surface area contributed by atoms with Crippen LogP contribution in [0.5, 0.6) is 5.75 Å². The van der Waals surface area contributed by atoms with Crippen LogP contribution < -0.4 is 10.1 Å². The van der Waals surface area contributed by atoms with Crippen molar-refractivity contribution >= 4 is 23.5 Å². The molecule has 0 aromatic heterocycles. The fraction of sp³-hybridized carbons (Fsp3) is 0.176.